The van der Waals surface area contributed by atoms with E-state index in [0.29, 0.717) is 21.9 Å². The van der Waals surface area contributed by atoms with Crippen molar-refractivity contribution < 1.29 is 17.5 Å². The van der Waals surface area contributed by atoms with E-state index in [2.05, 4.69) is 0 Å². The minimum absolute atomic E-state index is 0.00934. The van der Waals surface area contributed by atoms with Gasteiger partial charge < -0.3 is 4.74 Å². The quantitative estimate of drug-likeness (QED) is 0.774. The van der Waals surface area contributed by atoms with Gasteiger partial charge in [-0.15, -0.1) is 0 Å². The second-order valence-electron chi connectivity index (χ2n) is 4.39. The molecule has 0 saturated heterocycles. The van der Waals surface area contributed by atoms with Crippen LogP contribution in [0.5, 0.6) is 5.75 Å². The maximum absolute atomic E-state index is 13.6. The molecule has 0 aliphatic heterocycles. The molecule has 7 heteroatoms. The van der Waals surface area contributed by atoms with Crippen LogP contribution in [-0.2, 0) is 15.7 Å². The van der Waals surface area contributed by atoms with Crippen molar-refractivity contribution in [2.75, 3.05) is 0 Å². The van der Waals surface area contributed by atoms with Gasteiger partial charge in [0, 0.05) is 21.3 Å². The molecule has 0 radical (unpaired) electrons. The van der Waals surface area contributed by atoms with Crippen LogP contribution in [0.3, 0.4) is 0 Å². The molecule has 112 valence electrons. The smallest absolute Gasteiger partial charge is 0.261 e. The molecule has 0 saturated carbocycles. The van der Waals surface area contributed by atoms with E-state index in [1.54, 1.807) is 13.0 Å². The Hall–Kier alpha value is -1.30. The Kier molecular flexibility index (Phi) is 4.76. The first-order chi connectivity index (χ1) is 9.77. The van der Waals surface area contributed by atoms with Crippen LogP contribution in [0.4, 0.5) is 4.39 Å². The number of hydrogen-bond acceptors (Lipinski definition) is 3. The van der Waals surface area contributed by atoms with E-state index in [9.17, 15) is 12.8 Å². The van der Waals surface area contributed by atoms with Gasteiger partial charge in [-0.2, -0.15) is 0 Å². The highest BCUT2D eigenvalue weighted by Gasteiger charge is 2.14. The Balaban J connectivity index is 2.16. The molecule has 2 rings (SSSR count). The minimum Gasteiger partial charge on any atom is -0.489 e. The summed E-state index contributed by atoms with van der Waals surface area (Å²) in [5.74, 6) is -0.0369. The lowest BCUT2D eigenvalue weighted by Gasteiger charge is -2.09. The van der Waals surface area contributed by atoms with Gasteiger partial charge in [0.25, 0.3) is 9.05 Å². The number of hydrogen-bond donors (Lipinski definition) is 0. The van der Waals surface area contributed by atoms with E-state index in [-0.39, 0.29) is 11.5 Å². The minimum atomic E-state index is -3.79. The lowest BCUT2D eigenvalue weighted by atomic mass is 10.2. The lowest BCUT2D eigenvalue weighted by molar-refractivity contribution is 0.299. The predicted octanol–water partition coefficient (Wildman–Crippen LogP) is 4.29. The maximum atomic E-state index is 13.6. The maximum Gasteiger partial charge on any atom is 0.261 e. The highest BCUT2D eigenvalue weighted by molar-refractivity contribution is 8.13. The highest BCUT2D eigenvalue weighted by atomic mass is 35.7. The summed E-state index contributed by atoms with van der Waals surface area (Å²) < 4.78 is 41.6. The summed E-state index contributed by atoms with van der Waals surface area (Å²) in [4.78, 5) is 0.0224. The summed E-state index contributed by atoms with van der Waals surface area (Å²) in [6.45, 7) is 1.61. The Morgan fingerprint density at radius 1 is 1.19 bits per heavy atom. The first-order valence-electron chi connectivity index (χ1n) is 5.89. The lowest BCUT2D eigenvalue weighted by Crippen LogP contribution is -2.00. The van der Waals surface area contributed by atoms with Crippen molar-refractivity contribution in [3.63, 3.8) is 0 Å². The number of halogens is 3. The van der Waals surface area contributed by atoms with E-state index in [1.807, 2.05) is 0 Å². The van der Waals surface area contributed by atoms with Gasteiger partial charge in [-0.3, -0.25) is 0 Å². The van der Waals surface area contributed by atoms with Crippen molar-refractivity contribution in [2.45, 2.75) is 18.4 Å². The van der Waals surface area contributed by atoms with Crippen LogP contribution in [-0.4, -0.2) is 8.42 Å². The molecule has 0 aliphatic carbocycles. The monoisotopic (exact) mass is 348 g/mol. The van der Waals surface area contributed by atoms with E-state index in [0.717, 1.165) is 0 Å². The molecular formula is C14H11Cl2FO3S. The van der Waals surface area contributed by atoms with E-state index in [4.69, 9.17) is 27.0 Å². The molecule has 0 aliphatic rings. The van der Waals surface area contributed by atoms with Crippen molar-refractivity contribution in [1.82, 2.24) is 0 Å². The van der Waals surface area contributed by atoms with Crippen molar-refractivity contribution in [3.8, 4) is 5.75 Å². The van der Waals surface area contributed by atoms with E-state index >= 15 is 0 Å². The average Bonchev–Trinajstić information content (AvgIpc) is 2.36. The van der Waals surface area contributed by atoms with Crippen LogP contribution in [0.2, 0.25) is 5.02 Å². The fourth-order valence-electron chi connectivity index (χ4n) is 1.79. The highest BCUT2D eigenvalue weighted by Crippen LogP contribution is 2.25. The molecule has 2 aromatic carbocycles. The summed E-state index contributed by atoms with van der Waals surface area (Å²) in [6.07, 6.45) is 0. The van der Waals surface area contributed by atoms with Crippen molar-refractivity contribution in [1.29, 1.82) is 0 Å². The third-order valence-electron chi connectivity index (χ3n) is 2.82. The van der Waals surface area contributed by atoms with Gasteiger partial charge in [-0.25, -0.2) is 12.8 Å². The number of ether oxygens (including phenoxy) is 1. The van der Waals surface area contributed by atoms with Gasteiger partial charge >= 0.3 is 0 Å². The van der Waals surface area contributed by atoms with Gasteiger partial charge in [0.15, 0.2) is 0 Å². The third-order valence-corrected chi connectivity index (χ3v) is 4.54. The summed E-state index contributed by atoms with van der Waals surface area (Å²) in [7, 11) is 1.51. The third kappa shape index (κ3) is 4.09. The van der Waals surface area contributed by atoms with Crippen LogP contribution in [0.25, 0.3) is 0 Å². The topological polar surface area (TPSA) is 43.4 Å². The molecule has 0 fully saturated rings. The first kappa shape index (κ1) is 16.1. The molecule has 2 aromatic rings. The standard InChI is InChI=1S/C14H11Cl2FO3S/c1-9-6-12(4-5-14(9)21(16,18)19)20-8-10-2-3-11(15)7-13(10)17/h2-7H,8H2,1H3. The van der Waals surface area contributed by atoms with E-state index < -0.39 is 14.9 Å². The van der Waals surface area contributed by atoms with Crippen molar-refractivity contribution in [3.05, 3.63) is 58.4 Å². The molecule has 3 nitrogen and oxygen atoms in total. The van der Waals surface area contributed by atoms with Crippen molar-refractivity contribution in [2.24, 2.45) is 0 Å². The summed E-state index contributed by atoms with van der Waals surface area (Å²) in [6, 6.07) is 8.65. The molecule has 0 atom stereocenters. The van der Waals surface area contributed by atoms with Gasteiger partial charge in [0.2, 0.25) is 0 Å². The van der Waals surface area contributed by atoms with Gasteiger partial charge in [-0.1, -0.05) is 17.7 Å². The first-order valence-corrected chi connectivity index (χ1v) is 8.58. The zero-order chi connectivity index (χ0) is 15.6. The van der Waals surface area contributed by atoms with Crippen LogP contribution >= 0.6 is 22.3 Å². The Labute approximate surface area is 131 Å². The van der Waals surface area contributed by atoms with Crippen LogP contribution in [0, 0.1) is 12.7 Å². The van der Waals surface area contributed by atoms with Crippen molar-refractivity contribution >= 4 is 31.3 Å². The summed E-state index contributed by atoms with van der Waals surface area (Å²) >= 11 is 5.66. The molecule has 0 N–H and O–H groups in total. The Morgan fingerprint density at radius 2 is 1.90 bits per heavy atom. The fourth-order valence-corrected chi connectivity index (χ4v) is 3.14. The zero-order valence-corrected chi connectivity index (χ0v) is 13.3. The summed E-state index contributed by atoms with van der Waals surface area (Å²) in [5.41, 5.74) is 0.810. The SMILES string of the molecule is Cc1cc(OCc2ccc(Cl)cc2F)ccc1S(=O)(=O)Cl. The predicted molar refractivity (Wildman–Crippen MR) is 80.0 cm³/mol. The fraction of sp³-hybridized carbons (Fsp3) is 0.143. The zero-order valence-electron chi connectivity index (χ0n) is 10.9. The molecule has 21 heavy (non-hydrogen) atoms. The van der Waals surface area contributed by atoms with Gasteiger partial charge in [-0.05, 0) is 42.8 Å². The number of aryl methyl sites for hydroxylation is 1. The van der Waals surface area contributed by atoms with Crippen LogP contribution in [0.15, 0.2) is 41.3 Å². The largest absolute Gasteiger partial charge is 0.489 e. The Morgan fingerprint density at radius 3 is 2.48 bits per heavy atom. The van der Waals surface area contributed by atoms with Crippen LogP contribution in [0.1, 0.15) is 11.1 Å². The molecule has 0 aromatic heterocycles. The average molecular weight is 349 g/mol. The second kappa shape index (κ2) is 6.22. The molecule has 0 amide bonds. The van der Waals surface area contributed by atoms with Crippen LogP contribution < -0.4 is 4.74 Å². The normalized spacial score (nSPS) is 11.4. The molecule has 0 unspecified atom stereocenters. The van der Waals surface area contributed by atoms with Gasteiger partial charge in [0.1, 0.15) is 18.2 Å². The molecule has 0 spiro atoms. The summed E-state index contributed by atoms with van der Waals surface area (Å²) in [5, 5.41) is 0.309. The molecule has 0 bridgehead atoms. The Bertz CT molecular complexity index is 776. The molecule has 0 heterocycles. The van der Waals surface area contributed by atoms with E-state index in [1.165, 1.54) is 30.3 Å². The van der Waals surface area contributed by atoms with Gasteiger partial charge in [0.05, 0.1) is 4.90 Å². The second-order valence-corrected chi connectivity index (χ2v) is 7.36. The number of benzene rings is 2. The molecular weight excluding hydrogens is 338 g/mol. The number of rotatable bonds is 4.